The Hall–Kier alpha value is -1.84. The van der Waals surface area contributed by atoms with Gasteiger partial charge in [0.05, 0.1) is 0 Å². The summed E-state index contributed by atoms with van der Waals surface area (Å²) in [4.78, 5) is 2.63. The predicted molar refractivity (Wildman–Crippen MR) is 104 cm³/mol. The molecule has 0 amide bonds. The fraction of sp³-hybridized carbons (Fsp3) is 0.455. The Morgan fingerprint density at radius 2 is 1.52 bits per heavy atom. The third-order valence-electron chi connectivity index (χ3n) is 4.85. The molecule has 134 valence electrons. The number of hydrogen-bond acceptors (Lipinski definition) is 3. The van der Waals surface area contributed by atoms with Gasteiger partial charge in [-0.05, 0) is 48.6 Å². The standard InChI is InChI=1S/C22H30N2O/c1-18(2)8-13-22(24-16-14-23-15-17-24)19-9-11-21(12-10-19)25-20-6-4-3-5-7-20/h3-7,9-12,18,22-23H,8,13-17H2,1-2H3/t22-/m0/s1. The van der Waals surface area contributed by atoms with E-state index in [1.165, 1.54) is 18.4 Å². The topological polar surface area (TPSA) is 24.5 Å². The highest BCUT2D eigenvalue weighted by Gasteiger charge is 2.22. The summed E-state index contributed by atoms with van der Waals surface area (Å²) in [6.07, 6.45) is 2.48. The van der Waals surface area contributed by atoms with Gasteiger partial charge in [-0.3, -0.25) is 4.90 Å². The first kappa shape index (κ1) is 18.0. The molecule has 3 heteroatoms. The largest absolute Gasteiger partial charge is 0.457 e. The van der Waals surface area contributed by atoms with Crippen LogP contribution in [0.4, 0.5) is 0 Å². The number of piperazine rings is 1. The normalized spacial score (nSPS) is 16.8. The smallest absolute Gasteiger partial charge is 0.127 e. The lowest BCUT2D eigenvalue weighted by molar-refractivity contribution is 0.160. The summed E-state index contributed by atoms with van der Waals surface area (Å²) in [5.41, 5.74) is 1.41. The number of para-hydroxylation sites is 1. The summed E-state index contributed by atoms with van der Waals surface area (Å²) in [7, 11) is 0. The van der Waals surface area contributed by atoms with Crippen molar-refractivity contribution in [1.29, 1.82) is 0 Å². The Morgan fingerprint density at radius 3 is 2.16 bits per heavy atom. The zero-order valence-electron chi connectivity index (χ0n) is 15.4. The maximum absolute atomic E-state index is 5.93. The van der Waals surface area contributed by atoms with Crippen LogP contribution in [-0.4, -0.2) is 31.1 Å². The van der Waals surface area contributed by atoms with Gasteiger partial charge in [-0.15, -0.1) is 0 Å². The minimum Gasteiger partial charge on any atom is -0.457 e. The Morgan fingerprint density at radius 1 is 0.880 bits per heavy atom. The van der Waals surface area contributed by atoms with E-state index >= 15 is 0 Å². The summed E-state index contributed by atoms with van der Waals surface area (Å²) in [6, 6.07) is 19.2. The lowest BCUT2D eigenvalue weighted by atomic mass is 9.95. The molecule has 1 N–H and O–H groups in total. The van der Waals surface area contributed by atoms with Gasteiger partial charge in [-0.2, -0.15) is 0 Å². The molecule has 0 spiro atoms. The molecule has 0 aliphatic carbocycles. The van der Waals surface area contributed by atoms with Gasteiger partial charge in [-0.25, -0.2) is 0 Å². The first-order valence-electron chi connectivity index (χ1n) is 9.50. The molecule has 0 radical (unpaired) electrons. The maximum atomic E-state index is 5.93. The highest BCUT2D eigenvalue weighted by atomic mass is 16.5. The average molecular weight is 338 g/mol. The minimum atomic E-state index is 0.510. The van der Waals surface area contributed by atoms with Gasteiger partial charge in [0.2, 0.25) is 0 Å². The summed E-state index contributed by atoms with van der Waals surface area (Å²) in [5.74, 6) is 2.53. The molecule has 0 bridgehead atoms. The van der Waals surface area contributed by atoms with E-state index < -0.39 is 0 Å². The SMILES string of the molecule is CC(C)CC[C@@H](c1ccc(Oc2ccccc2)cc1)N1CCNCC1. The van der Waals surface area contributed by atoms with Crippen LogP contribution in [0.15, 0.2) is 54.6 Å². The van der Waals surface area contributed by atoms with E-state index in [9.17, 15) is 0 Å². The van der Waals surface area contributed by atoms with Crippen molar-refractivity contribution >= 4 is 0 Å². The Balaban J connectivity index is 1.71. The van der Waals surface area contributed by atoms with Gasteiger partial charge in [-0.1, -0.05) is 44.2 Å². The molecule has 2 aromatic rings. The first-order valence-corrected chi connectivity index (χ1v) is 9.50. The molecule has 25 heavy (non-hydrogen) atoms. The van der Waals surface area contributed by atoms with Crippen molar-refractivity contribution in [3.8, 4) is 11.5 Å². The van der Waals surface area contributed by atoms with Crippen LogP contribution in [0, 0.1) is 5.92 Å². The molecule has 1 saturated heterocycles. The van der Waals surface area contributed by atoms with Crippen LogP contribution in [0.5, 0.6) is 11.5 Å². The molecule has 1 atom stereocenters. The van der Waals surface area contributed by atoms with Crippen molar-refractivity contribution in [3.63, 3.8) is 0 Å². The predicted octanol–water partition coefficient (Wildman–Crippen LogP) is 4.86. The fourth-order valence-corrected chi connectivity index (χ4v) is 3.43. The maximum Gasteiger partial charge on any atom is 0.127 e. The van der Waals surface area contributed by atoms with Crippen molar-refractivity contribution in [3.05, 3.63) is 60.2 Å². The second-order valence-corrected chi connectivity index (χ2v) is 7.26. The van der Waals surface area contributed by atoms with E-state index in [1.54, 1.807) is 0 Å². The average Bonchev–Trinajstić information content (AvgIpc) is 2.65. The van der Waals surface area contributed by atoms with E-state index in [-0.39, 0.29) is 0 Å². The van der Waals surface area contributed by atoms with E-state index in [4.69, 9.17) is 4.74 Å². The molecule has 3 nitrogen and oxygen atoms in total. The molecule has 0 saturated carbocycles. The Kier molecular flexibility index (Phi) is 6.48. The quantitative estimate of drug-likeness (QED) is 0.780. The van der Waals surface area contributed by atoms with Crippen LogP contribution in [-0.2, 0) is 0 Å². The van der Waals surface area contributed by atoms with E-state index in [0.29, 0.717) is 6.04 Å². The minimum absolute atomic E-state index is 0.510. The van der Waals surface area contributed by atoms with Crippen LogP contribution in [0.1, 0.15) is 38.3 Å². The van der Waals surface area contributed by atoms with Crippen molar-refractivity contribution in [2.45, 2.75) is 32.7 Å². The van der Waals surface area contributed by atoms with E-state index in [0.717, 1.165) is 43.6 Å². The second kappa shape index (κ2) is 9.02. The molecule has 0 unspecified atom stereocenters. The third-order valence-corrected chi connectivity index (χ3v) is 4.85. The van der Waals surface area contributed by atoms with Crippen LogP contribution in [0.2, 0.25) is 0 Å². The van der Waals surface area contributed by atoms with Gasteiger partial charge >= 0.3 is 0 Å². The Labute approximate surface area is 152 Å². The highest BCUT2D eigenvalue weighted by Crippen LogP contribution is 2.30. The fourth-order valence-electron chi connectivity index (χ4n) is 3.43. The second-order valence-electron chi connectivity index (χ2n) is 7.26. The monoisotopic (exact) mass is 338 g/mol. The summed E-state index contributed by atoms with van der Waals surface area (Å²) in [5, 5.41) is 3.46. The van der Waals surface area contributed by atoms with Crippen LogP contribution < -0.4 is 10.1 Å². The lowest BCUT2D eigenvalue weighted by Crippen LogP contribution is -2.45. The van der Waals surface area contributed by atoms with Crippen LogP contribution >= 0.6 is 0 Å². The molecule has 0 aromatic heterocycles. The highest BCUT2D eigenvalue weighted by molar-refractivity contribution is 5.34. The van der Waals surface area contributed by atoms with Crippen molar-refractivity contribution in [1.82, 2.24) is 10.2 Å². The zero-order chi connectivity index (χ0) is 17.5. The molecule has 1 fully saturated rings. The van der Waals surface area contributed by atoms with E-state index in [2.05, 4.69) is 48.3 Å². The number of ether oxygens (including phenoxy) is 1. The summed E-state index contributed by atoms with van der Waals surface area (Å²) < 4.78 is 5.93. The molecule has 1 heterocycles. The lowest BCUT2D eigenvalue weighted by Gasteiger charge is -2.35. The molecular formula is C22H30N2O. The van der Waals surface area contributed by atoms with Gasteiger partial charge in [0.15, 0.2) is 0 Å². The Bertz CT molecular complexity index is 618. The third kappa shape index (κ3) is 5.32. The molecule has 2 aromatic carbocycles. The van der Waals surface area contributed by atoms with Gasteiger partial charge in [0, 0.05) is 32.2 Å². The summed E-state index contributed by atoms with van der Waals surface area (Å²) >= 11 is 0. The van der Waals surface area contributed by atoms with E-state index in [1.807, 2.05) is 30.3 Å². The number of hydrogen-bond donors (Lipinski definition) is 1. The number of nitrogens with zero attached hydrogens (tertiary/aromatic N) is 1. The number of benzene rings is 2. The van der Waals surface area contributed by atoms with Crippen molar-refractivity contribution in [2.24, 2.45) is 5.92 Å². The van der Waals surface area contributed by atoms with Gasteiger partial charge in [0.1, 0.15) is 11.5 Å². The van der Waals surface area contributed by atoms with Crippen LogP contribution in [0.25, 0.3) is 0 Å². The number of nitrogens with one attached hydrogen (secondary N) is 1. The molecule has 1 aliphatic heterocycles. The molecule has 1 aliphatic rings. The summed E-state index contributed by atoms with van der Waals surface area (Å²) in [6.45, 7) is 9.06. The molecule has 3 rings (SSSR count). The first-order chi connectivity index (χ1) is 12.2. The van der Waals surface area contributed by atoms with Crippen molar-refractivity contribution in [2.75, 3.05) is 26.2 Å². The van der Waals surface area contributed by atoms with Gasteiger partial charge < -0.3 is 10.1 Å². The van der Waals surface area contributed by atoms with Crippen LogP contribution in [0.3, 0.4) is 0 Å². The van der Waals surface area contributed by atoms with Gasteiger partial charge in [0.25, 0.3) is 0 Å². The molecular weight excluding hydrogens is 308 g/mol. The zero-order valence-corrected chi connectivity index (χ0v) is 15.4. The van der Waals surface area contributed by atoms with Crippen molar-refractivity contribution < 1.29 is 4.74 Å². The number of rotatable bonds is 7.